The molecule has 94 valence electrons. The molecule has 18 heavy (non-hydrogen) atoms. The topological polar surface area (TPSA) is 31.2 Å². The van der Waals surface area contributed by atoms with Gasteiger partial charge in [0.2, 0.25) is 0 Å². The Morgan fingerprint density at radius 3 is 2.28 bits per heavy atom. The lowest BCUT2D eigenvalue weighted by Gasteiger charge is -2.17. The Hall–Kier alpha value is -1.55. The molecule has 2 rings (SSSR count). The maximum atomic E-state index is 11.5. The first-order valence-electron chi connectivity index (χ1n) is 5.57. The summed E-state index contributed by atoms with van der Waals surface area (Å²) >= 11 is 3.46. The average molecular weight is 308 g/mol. The quantitative estimate of drug-likeness (QED) is 0.853. The summed E-state index contributed by atoms with van der Waals surface area (Å²) in [6, 6.07) is 9.04. The molecule has 0 atom stereocenters. The molecule has 0 fully saturated rings. The van der Waals surface area contributed by atoms with E-state index in [0.29, 0.717) is 0 Å². The third-order valence-corrected chi connectivity index (χ3v) is 3.28. The van der Waals surface area contributed by atoms with Crippen molar-refractivity contribution < 1.29 is 4.74 Å². The van der Waals surface area contributed by atoms with Crippen LogP contribution in [0.5, 0.6) is 5.75 Å². The zero-order valence-corrected chi connectivity index (χ0v) is 12.1. The monoisotopic (exact) mass is 307 g/mol. The van der Waals surface area contributed by atoms with Crippen LogP contribution in [0.4, 0.5) is 0 Å². The molecule has 0 aliphatic heterocycles. The molecule has 1 aromatic heterocycles. The Bertz CT molecular complexity index is 620. The van der Waals surface area contributed by atoms with E-state index >= 15 is 0 Å². The molecule has 3 nitrogen and oxygen atoms in total. The maximum Gasteiger partial charge on any atom is 0.182 e. The van der Waals surface area contributed by atoms with Gasteiger partial charge in [0.15, 0.2) is 5.43 Å². The van der Waals surface area contributed by atoms with Crippen LogP contribution in [0.2, 0.25) is 0 Å². The number of nitrogens with zero attached hydrogens (tertiary/aromatic N) is 1. The molecule has 1 heterocycles. The van der Waals surface area contributed by atoms with Gasteiger partial charge in [-0.15, -0.1) is 0 Å². The Labute approximate surface area is 114 Å². The number of aromatic nitrogens is 1. The Balaban J connectivity index is 2.76. The maximum absolute atomic E-state index is 11.5. The number of aryl methyl sites for hydroxylation is 2. The van der Waals surface area contributed by atoms with E-state index in [1.54, 1.807) is 19.2 Å². The molecule has 0 bridgehead atoms. The molecule has 2 aromatic rings. The molecule has 0 saturated heterocycles. The van der Waals surface area contributed by atoms with Gasteiger partial charge in [-0.25, -0.2) is 0 Å². The Kier molecular flexibility index (Phi) is 3.57. The summed E-state index contributed by atoms with van der Waals surface area (Å²) < 4.78 is 8.35. The fourth-order valence-corrected chi connectivity index (χ4v) is 2.43. The Morgan fingerprint density at radius 1 is 1.11 bits per heavy atom. The van der Waals surface area contributed by atoms with Gasteiger partial charge in [0.1, 0.15) is 5.75 Å². The van der Waals surface area contributed by atoms with E-state index in [1.807, 2.05) is 36.6 Å². The van der Waals surface area contributed by atoms with E-state index in [2.05, 4.69) is 15.9 Å². The fraction of sp³-hybridized carbons (Fsp3) is 0.214. The zero-order chi connectivity index (χ0) is 13.3. The molecule has 4 heteroatoms. The highest BCUT2D eigenvalue weighted by atomic mass is 79.9. The van der Waals surface area contributed by atoms with Gasteiger partial charge < -0.3 is 9.30 Å². The SMILES string of the molecule is COc1ccc(Br)cc1-n1c(C)cc(=O)cc1C. The van der Waals surface area contributed by atoms with Crippen molar-refractivity contribution in [2.75, 3.05) is 7.11 Å². The lowest BCUT2D eigenvalue weighted by atomic mass is 10.2. The third kappa shape index (κ3) is 2.34. The van der Waals surface area contributed by atoms with Crippen molar-refractivity contribution >= 4 is 15.9 Å². The summed E-state index contributed by atoms with van der Waals surface area (Å²) in [7, 11) is 1.64. The molecule has 0 aliphatic rings. The Morgan fingerprint density at radius 2 is 1.72 bits per heavy atom. The number of benzene rings is 1. The van der Waals surface area contributed by atoms with E-state index < -0.39 is 0 Å². The van der Waals surface area contributed by atoms with Gasteiger partial charge in [-0.05, 0) is 32.0 Å². The summed E-state index contributed by atoms with van der Waals surface area (Å²) in [6.07, 6.45) is 0. The van der Waals surface area contributed by atoms with Crippen molar-refractivity contribution in [3.63, 3.8) is 0 Å². The van der Waals surface area contributed by atoms with Crippen LogP contribution >= 0.6 is 15.9 Å². The molecule has 0 aliphatic carbocycles. The van der Waals surface area contributed by atoms with Crippen molar-refractivity contribution in [1.82, 2.24) is 4.57 Å². The standard InChI is InChI=1S/C14H14BrNO2/c1-9-6-12(17)7-10(2)16(9)13-8-11(15)4-5-14(13)18-3/h4-8H,1-3H3. The largest absolute Gasteiger partial charge is 0.495 e. The second kappa shape index (κ2) is 4.98. The second-order valence-corrected chi connectivity index (χ2v) is 5.04. The van der Waals surface area contributed by atoms with Gasteiger partial charge in [0.25, 0.3) is 0 Å². The van der Waals surface area contributed by atoms with Crippen LogP contribution in [0, 0.1) is 13.8 Å². The average Bonchev–Trinajstić information content (AvgIpc) is 2.28. The molecule has 0 radical (unpaired) electrons. The molecule has 0 unspecified atom stereocenters. The summed E-state index contributed by atoms with van der Waals surface area (Å²) in [6.45, 7) is 3.82. The first-order valence-corrected chi connectivity index (χ1v) is 6.36. The van der Waals surface area contributed by atoms with Crippen LogP contribution in [0.3, 0.4) is 0 Å². The summed E-state index contributed by atoms with van der Waals surface area (Å²) in [4.78, 5) is 11.5. The van der Waals surface area contributed by atoms with Crippen molar-refractivity contribution in [1.29, 1.82) is 0 Å². The van der Waals surface area contributed by atoms with E-state index in [0.717, 1.165) is 27.3 Å². The predicted octanol–water partition coefficient (Wildman–Crippen LogP) is 3.23. The fourth-order valence-electron chi connectivity index (χ4n) is 2.08. The predicted molar refractivity (Wildman–Crippen MR) is 75.8 cm³/mol. The van der Waals surface area contributed by atoms with Crippen LogP contribution < -0.4 is 10.2 Å². The lowest BCUT2D eigenvalue weighted by Crippen LogP contribution is -2.12. The van der Waals surface area contributed by atoms with Crippen LogP contribution in [-0.2, 0) is 0 Å². The minimum absolute atomic E-state index is 0.0233. The lowest BCUT2D eigenvalue weighted by molar-refractivity contribution is 0.412. The minimum Gasteiger partial charge on any atom is -0.495 e. The summed E-state index contributed by atoms with van der Waals surface area (Å²) in [5, 5.41) is 0. The van der Waals surface area contributed by atoms with Crippen molar-refractivity contribution in [3.8, 4) is 11.4 Å². The summed E-state index contributed by atoms with van der Waals surface area (Å²) in [5.41, 5.74) is 2.71. The van der Waals surface area contributed by atoms with Gasteiger partial charge in [0, 0.05) is 28.0 Å². The number of methoxy groups -OCH3 is 1. The number of halogens is 1. The van der Waals surface area contributed by atoms with Crippen molar-refractivity contribution in [3.05, 3.63) is 56.4 Å². The minimum atomic E-state index is 0.0233. The highest BCUT2D eigenvalue weighted by molar-refractivity contribution is 9.10. The normalized spacial score (nSPS) is 10.4. The second-order valence-electron chi connectivity index (χ2n) is 4.13. The molecule has 0 spiro atoms. The molecular formula is C14H14BrNO2. The van der Waals surface area contributed by atoms with Crippen LogP contribution in [-0.4, -0.2) is 11.7 Å². The highest BCUT2D eigenvalue weighted by Crippen LogP contribution is 2.28. The van der Waals surface area contributed by atoms with Crippen molar-refractivity contribution in [2.45, 2.75) is 13.8 Å². The highest BCUT2D eigenvalue weighted by Gasteiger charge is 2.10. The number of ether oxygens (including phenoxy) is 1. The smallest absolute Gasteiger partial charge is 0.182 e. The van der Waals surface area contributed by atoms with Gasteiger partial charge in [-0.1, -0.05) is 15.9 Å². The number of hydrogen-bond donors (Lipinski definition) is 0. The van der Waals surface area contributed by atoms with Crippen LogP contribution in [0.1, 0.15) is 11.4 Å². The van der Waals surface area contributed by atoms with Gasteiger partial charge in [-0.2, -0.15) is 0 Å². The number of pyridine rings is 1. The first kappa shape index (κ1) is 12.9. The van der Waals surface area contributed by atoms with Gasteiger partial charge >= 0.3 is 0 Å². The van der Waals surface area contributed by atoms with Crippen LogP contribution in [0.25, 0.3) is 5.69 Å². The van der Waals surface area contributed by atoms with E-state index in [4.69, 9.17) is 4.74 Å². The first-order chi connectivity index (χ1) is 8.52. The van der Waals surface area contributed by atoms with E-state index in [1.165, 1.54) is 0 Å². The van der Waals surface area contributed by atoms with Crippen LogP contribution in [0.15, 0.2) is 39.6 Å². The molecule has 0 N–H and O–H groups in total. The molecule has 0 amide bonds. The number of rotatable bonds is 2. The van der Waals surface area contributed by atoms with Crippen molar-refractivity contribution in [2.24, 2.45) is 0 Å². The van der Waals surface area contributed by atoms with Gasteiger partial charge in [0.05, 0.1) is 12.8 Å². The molecule has 0 saturated carbocycles. The molecule has 1 aromatic carbocycles. The zero-order valence-electron chi connectivity index (χ0n) is 10.5. The third-order valence-electron chi connectivity index (χ3n) is 2.79. The summed E-state index contributed by atoms with van der Waals surface area (Å²) in [5.74, 6) is 0.771. The molecular weight excluding hydrogens is 294 g/mol. The van der Waals surface area contributed by atoms with Gasteiger partial charge in [-0.3, -0.25) is 4.79 Å². The van der Waals surface area contributed by atoms with E-state index in [-0.39, 0.29) is 5.43 Å². The number of hydrogen-bond acceptors (Lipinski definition) is 2. The van der Waals surface area contributed by atoms with E-state index in [9.17, 15) is 4.79 Å².